The number of fused-ring (bicyclic) bond motifs is 1. The summed E-state index contributed by atoms with van der Waals surface area (Å²) in [6.45, 7) is 0.918. The van der Waals surface area contributed by atoms with Gasteiger partial charge in [0.2, 0.25) is 5.91 Å². The van der Waals surface area contributed by atoms with Crippen molar-refractivity contribution >= 4 is 17.2 Å². The molecule has 0 saturated carbocycles. The Bertz CT molecular complexity index is 593. The predicted octanol–water partition coefficient (Wildman–Crippen LogP) is 3.25. The number of nitrogens with zero attached hydrogens (tertiary/aromatic N) is 3. The fourth-order valence-electron chi connectivity index (χ4n) is 3.56. The molecule has 3 rings (SSSR count). The van der Waals surface area contributed by atoms with Crippen molar-refractivity contribution < 1.29 is 18.0 Å². The molecule has 0 spiro atoms. The summed E-state index contributed by atoms with van der Waals surface area (Å²) in [6, 6.07) is 0. The maximum absolute atomic E-state index is 12.9. The molecule has 4 nitrogen and oxygen atoms in total. The molecule has 25 heavy (non-hydrogen) atoms. The highest BCUT2D eigenvalue weighted by molar-refractivity contribution is 7.11. The lowest BCUT2D eigenvalue weighted by atomic mass is 9.97. The molecular formula is C17H24F3N3OS. The zero-order chi connectivity index (χ0) is 18.0. The van der Waals surface area contributed by atoms with E-state index >= 15 is 0 Å². The van der Waals surface area contributed by atoms with Crippen LogP contribution >= 0.6 is 11.3 Å². The van der Waals surface area contributed by atoms with Crippen molar-refractivity contribution in [1.82, 2.24) is 14.8 Å². The number of rotatable bonds is 4. The minimum absolute atomic E-state index is 0.119. The largest absolute Gasteiger partial charge is 0.393 e. The van der Waals surface area contributed by atoms with Crippen LogP contribution in [-0.2, 0) is 24.2 Å². The van der Waals surface area contributed by atoms with Gasteiger partial charge in [-0.2, -0.15) is 13.2 Å². The monoisotopic (exact) mass is 375 g/mol. The number of likely N-dealkylation sites (tertiary alicyclic amines) is 1. The quantitative estimate of drug-likeness (QED) is 0.811. The molecule has 8 heteroatoms. The first-order chi connectivity index (χ1) is 11.8. The van der Waals surface area contributed by atoms with Crippen molar-refractivity contribution in [1.29, 1.82) is 0 Å². The van der Waals surface area contributed by atoms with Gasteiger partial charge in [0.1, 0.15) is 5.01 Å². The maximum Gasteiger partial charge on any atom is 0.393 e. The van der Waals surface area contributed by atoms with E-state index in [1.54, 1.807) is 11.3 Å². The van der Waals surface area contributed by atoms with E-state index in [4.69, 9.17) is 0 Å². The second kappa shape index (κ2) is 7.61. The number of alkyl halides is 3. The van der Waals surface area contributed by atoms with Crippen LogP contribution in [0.2, 0.25) is 0 Å². The Balaban J connectivity index is 1.52. The van der Waals surface area contributed by atoms with Crippen LogP contribution in [0, 0.1) is 5.92 Å². The second-order valence-electron chi connectivity index (χ2n) is 7.08. The number of thiazole rings is 1. The van der Waals surface area contributed by atoms with Gasteiger partial charge in [0.05, 0.1) is 24.7 Å². The molecule has 1 atom stereocenters. The molecule has 1 aliphatic carbocycles. The van der Waals surface area contributed by atoms with E-state index in [2.05, 4.69) is 4.98 Å². The zero-order valence-electron chi connectivity index (χ0n) is 14.4. The summed E-state index contributed by atoms with van der Waals surface area (Å²) in [4.78, 5) is 21.6. The first kappa shape index (κ1) is 18.6. The smallest absolute Gasteiger partial charge is 0.341 e. The van der Waals surface area contributed by atoms with Crippen LogP contribution in [-0.4, -0.2) is 53.5 Å². The Morgan fingerprint density at radius 2 is 2.08 bits per heavy atom. The molecule has 0 bridgehead atoms. The first-order valence-electron chi connectivity index (χ1n) is 8.83. The minimum atomic E-state index is -4.22. The average Bonchev–Trinajstić information content (AvgIpc) is 2.96. The number of likely N-dealkylation sites (N-methyl/N-ethyl adjacent to an activating group) is 1. The highest BCUT2D eigenvalue weighted by atomic mass is 32.1. The van der Waals surface area contributed by atoms with Gasteiger partial charge in [0.25, 0.3) is 0 Å². The molecule has 1 aliphatic heterocycles. The van der Waals surface area contributed by atoms with E-state index in [1.807, 2.05) is 11.9 Å². The van der Waals surface area contributed by atoms with Gasteiger partial charge in [-0.1, -0.05) is 0 Å². The maximum atomic E-state index is 12.9. The number of halogens is 3. The number of carbonyl (C=O) groups is 1. The van der Waals surface area contributed by atoms with Gasteiger partial charge >= 0.3 is 6.18 Å². The van der Waals surface area contributed by atoms with Crippen molar-refractivity contribution in [2.45, 2.75) is 51.2 Å². The first-order valence-corrected chi connectivity index (χ1v) is 9.65. The third-order valence-electron chi connectivity index (χ3n) is 4.94. The number of hydrogen-bond donors (Lipinski definition) is 0. The lowest BCUT2D eigenvalue weighted by molar-refractivity contribution is -0.188. The van der Waals surface area contributed by atoms with Crippen molar-refractivity contribution in [2.24, 2.45) is 5.92 Å². The summed E-state index contributed by atoms with van der Waals surface area (Å²) in [5, 5.41) is 0.994. The van der Waals surface area contributed by atoms with E-state index in [0.717, 1.165) is 17.8 Å². The number of piperidine rings is 1. The third kappa shape index (κ3) is 4.73. The molecule has 0 N–H and O–H groups in total. The minimum Gasteiger partial charge on any atom is -0.341 e. The molecule has 1 saturated heterocycles. The van der Waals surface area contributed by atoms with Crippen LogP contribution in [0.25, 0.3) is 0 Å². The Kier molecular flexibility index (Phi) is 5.68. The summed E-state index contributed by atoms with van der Waals surface area (Å²) in [6.07, 6.45) is 0.818. The van der Waals surface area contributed by atoms with Crippen LogP contribution in [0.5, 0.6) is 0 Å². The van der Waals surface area contributed by atoms with Crippen LogP contribution in [0.3, 0.4) is 0 Å². The van der Waals surface area contributed by atoms with E-state index < -0.39 is 12.1 Å². The van der Waals surface area contributed by atoms with E-state index in [0.29, 0.717) is 19.5 Å². The highest BCUT2D eigenvalue weighted by Crippen LogP contribution is 2.33. The van der Waals surface area contributed by atoms with E-state index in [-0.39, 0.29) is 25.4 Å². The van der Waals surface area contributed by atoms with Gasteiger partial charge in [-0.3, -0.25) is 9.69 Å². The SMILES string of the molecule is CN(CC(=O)N1CCCC(C(F)(F)F)C1)Cc1nc2c(s1)CCCC2. The Hall–Kier alpha value is -1.15. The number of hydrogen-bond acceptors (Lipinski definition) is 4. The second-order valence-corrected chi connectivity index (χ2v) is 8.25. The summed E-state index contributed by atoms with van der Waals surface area (Å²) in [5.74, 6) is -1.61. The number of aromatic nitrogens is 1. The van der Waals surface area contributed by atoms with Crippen molar-refractivity contribution in [3.8, 4) is 0 Å². The highest BCUT2D eigenvalue weighted by Gasteiger charge is 2.42. The van der Waals surface area contributed by atoms with Crippen molar-refractivity contribution in [3.05, 3.63) is 15.6 Å². The lowest BCUT2D eigenvalue weighted by Gasteiger charge is -2.34. The molecule has 0 aromatic carbocycles. The zero-order valence-corrected chi connectivity index (χ0v) is 15.3. The summed E-state index contributed by atoms with van der Waals surface area (Å²) < 4.78 is 38.7. The number of amides is 1. The molecule has 2 heterocycles. The molecule has 1 amide bonds. The molecule has 0 radical (unpaired) electrons. The average molecular weight is 375 g/mol. The molecule has 1 aromatic rings. The summed E-state index contributed by atoms with van der Waals surface area (Å²) in [5.41, 5.74) is 1.19. The van der Waals surface area contributed by atoms with Crippen molar-refractivity contribution in [2.75, 3.05) is 26.7 Å². The van der Waals surface area contributed by atoms with E-state index in [9.17, 15) is 18.0 Å². The van der Waals surface area contributed by atoms with E-state index in [1.165, 1.54) is 28.3 Å². The van der Waals surface area contributed by atoms with Gasteiger partial charge < -0.3 is 4.90 Å². The molecular weight excluding hydrogens is 351 g/mol. The molecule has 1 unspecified atom stereocenters. The van der Waals surface area contributed by atoms with Gasteiger partial charge in [0.15, 0.2) is 0 Å². The molecule has 1 fully saturated rings. The number of aryl methyl sites for hydroxylation is 2. The lowest BCUT2D eigenvalue weighted by Crippen LogP contribution is -2.47. The van der Waals surface area contributed by atoms with Crippen LogP contribution in [0.15, 0.2) is 0 Å². The number of carbonyl (C=O) groups excluding carboxylic acids is 1. The van der Waals surface area contributed by atoms with Gasteiger partial charge in [-0.05, 0) is 45.6 Å². The predicted molar refractivity (Wildman–Crippen MR) is 90.4 cm³/mol. The Morgan fingerprint density at radius 1 is 1.32 bits per heavy atom. The van der Waals surface area contributed by atoms with Gasteiger partial charge in [-0.15, -0.1) is 11.3 Å². The van der Waals surface area contributed by atoms with Gasteiger partial charge in [-0.25, -0.2) is 4.98 Å². The third-order valence-corrected chi connectivity index (χ3v) is 6.08. The topological polar surface area (TPSA) is 36.4 Å². The van der Waals surface area contributed by atoms with Crippen LogP contribution in [0.1, 0.15) is 41.3 Å². The Labute approximate surface area is 150 Å². The van der Waals surface area contributed by atoms with Crippen LogP contribution in [0.4, 0.5) is 13.2 Å². The van der Waals surface area contributed by atoms with Crippen molar-refractivity contribution in [3.63, 3.8) is 0 Å². The van der Waals surface area contributed by atoms with Crippen LogP contribution < -0.4 is 0 Å². The summed E-state index contributed by atoms with van der Waals surface area (Å²) in [7, 11) is 1.82. The standard InChI is InChI=1S/C17H24F3N3OS/c1-22(10-15-21-13-6-2-3-7-14(13)25-15)11-16(24)23-8-4-5-12(9-23)17(18,19)20/h12H,2-11H2,1H3. The molecule has 2 aliphatic rings. The normalized spacial score (nSPS) is 21.5. The summed E-state index contributed by atoms with van der Waals surface area (Å²) >= 11 is 1.70. The molecule has 1 aromatic heterocycles. The fourth-order valence-corrected chi connectivity index (χ4v) is 4.80. The molecule has 140 valence electrons. The van der Waals surface area contributed by atoms with Gasteiger partial charge in [0, 0.05) is 18.0 Å². The Morgan fingerprint density at radius 3 is 2.80 bits per heavy atom. The fraction of sp³-hybridized carbons (Fsp3) is 0.765.